The summed E-state index contributed by atoms with van der Waals surface area (Å²) in [5, 5.41) is 2.81. The first-order chi connectivity index (χ1) is 15.8. The molecule has 176 valence electrons. The molecule has 0 spiro atoms. The molecule has 1 unspecified atom stereocenters. The molecule has 2 amide bonds. The van der Waals surface area contributed by atoms with Gasteiger partial charge in [0.1, 0.15) is 5.75 Å². The molecule has 0 aliphatic carbocycles. The molecule has 2 aliphatic rings. The van der Waals surface area contributed by atoms with Crippen molar-refractivity contribution in [3.63, 3.8) is 0 Å². The number of benzene rings is 2. The fraction of sp³-hybridized carbons (Fsp3) is 0.391. The third-order valence-electron chi connectivity index (χ3n) is 5.60. The summed E-state index contributed by atoms with van der Waals surface area (Å²) in [4.78, 5) is 27.1. The topological polar surface area (TPSA) is 105 Å². The van der Waals surface area contributed by atoms with E-state index < -0.39 is 16.1 Å². The SMILES string of the molecule is CCCN1C(=O)C(C)Oc2ccc(NC(=O)c3ccc(S(=O)(=O)N4CCOCC4)cc3)cc21. The minimum Gasteiger partial charge on any atom is -0.479 e. The summed E-state index contributed by atoms with van der Waals surface area (Å²) in [5.41, 5.74) is 1.44. The van der Waals surface area contributed by atoms with Gasteiger partial charge >= 0.3 is 0 Å². The molecule has 0 saturated carbocycles. The van der Waals surface area contributed by atoms with E-state index in [-0.39, 0.29) is 16.7 Å². The molecular formula is C23H27N3O6S. The van der Waals surface area contributed by atoms with Crippen LogP contribution >= 0.6 is 0 Å². The van der Waals surface area contributed by atoms with Crippen molar-refractivity contribution in [2.45, 2.75) is 31.3 Å². The van der Waals surface area contributed by atoms with E-state index in [1.165, 1.54) is 28.6 Å². The fourth-order valence-electron chi connectivity index (χ4n) is 3.86. The normalized spacial score (nSPS) is 19.0. The van der Waals surface area contributed by atoms with Gasteiger partial charge in [0.2, 0.25) is 10.0 Å². The lowest BCUT2D eigenvalue weighted by molar-refractivity contribution is -0.125. The fourth-order valence-corrected chi connectivity index (χ4v) is 5.26. The molecule has 0 radical (unpaired) electrons. The zero-order chi connectivity index (χ0) is 23.6. The molecule has 2 aromatic rings. The Labute approximate surface area is 193 Å². The second-order valence-corrected chi connectivity index (χ2v) is 9.87. The zero-order valence-electron chi connectivity index (χ0n) is 18.6. The van der Waals surface area contributed by atoms with E-state index in [4.69, 9.17) is 9.47 Å². The molecule has 2 aliphatic heterocycles. The molecular weight excluding hydrogens is 446 g/mol. The van der Waals surface area contributed by atoms with Gasteiger partial charge in [-0.1, -0.05) is 6.92 Å². The maximum atomic E-state index is 12.8. The summed E-state index contributed by atoms with van der Waals surface area (Å²) in [5.74, 6) is 0.0832. The standard InChI is InChI=1S/C23H27N3O6S/c1-3-10-26-20-15-18(6-9-21(20)32-16(2)23(26)28)24-22(27)17-4-7-19(8-5-17)33(29,30)25-11-13-31-14-12-25/h4-9,15-16H,3,10-14H2,1-2H3,(H,24,27). The maximum absolute atomic E-state index is 12.8. The molecule has 33 heavy (non-hydrogen) atoms. The Kier molecular flexibility index (Phi) is 6.68. The number of amides is 2. The van der Waals surface area contributed by atoms with Crippen LogP contribution in [0.4, 0.5) is 11.4 Å². The Hall–Kier alpha value is -2.95. The van der Waals surface area contributed by atoms with Gasteiger partial charge in [0.25, 0.3) is 11.8 Å². The van der Waals surface area contributed by atoms with Gasteiger partial charge < -0.3 is 19.7 Å². The molecule has 1 N–H and O–H groups in total. The third kappa shape index (κ3) is 4.73. The number of sulfonamides is 1. The lowest BCUT2D eigenvalue weighted by atomic mass is 10.1. The number of anilines is 2. The molecule has 0 bridgehead atoms. The van der Waals surface area contributed by atoms with Crippen LogP contribution in [0.1, 0.15) is 30.6 Å². The average Bonchev–Trinajstić information content (AvgIpc) is 2.83. The van der Waals surface area contributed by atoms with Crippen molar-refractivity contribution in [1.82, 2.24) is 4.31 Å². The van der Waals surface area contributed by atoms with Crippen LogP contribution in [-0.2, 0) is 19.6 Å². The molecule has 9 nitrogen and oxygen atoms in total. The van der Waals surface area contributed by atoms with E-state index in [2.05, 4.69) is 5.32 Å². The number of carbonyl (C=O) groups is 2. The van der Waals surface area contributed by atoms with Crippen molar-refractivity contribution in [3.8, 4) is 5.75 Å². The summed E-state index contributed by atoms with van der Waals surface area (Å²) >= 11 is 0. The van der Waals surface area contributed by atoms with Crippen LogP contribution < -0.4 is 15.0 Å². The first-order valence-electron chi connectivity index (χ1n) is 10.9. The highest BCUT2D eigenvalue weighted by molar-refractivity contribution is 7.89. The highest BCUT2D eigenvalue weighted by Crippen LogP contribution is 2.36. The lowest BCUT2D eigenvalue weighted by Gasteiger charge is -2.33. The average molecular weight is 474 g/mol. The number of fused-ring (bicyclic) bond motifs is 1. The Morgan fingerprint density at radius 1 is 1.12 bits per heavy atom. The van der Waals surface area contributed by atoms with Crippen LogP contribution in [-0.4, -0.2) is 63.5 Å². The molecule has 1 saturated heterocycles. The van der Waals surface area contributed by atoms with Crippen LogP contribution in [0.2, 0.25) is 0 Å². The van der Waals surface area contributed by atoms with Gasteiger partial charge in [0.05, 0.1) is 23.8 Å². The van der Waals surface area contributed by atoms with Gasteiger partial charge in [-0.25, -0.2) is 8.42 Å². The maximum Gasteiger partial charge on any atom is 0.267 e. The van der Waals surface area contributed by atoms with Gasteiger partial charge in [-0.05, 0) is 55.8 Å². The number of ether oxygens (including phenoxy) is 2. The molecule has 2 heterocycles. The number of morpholine rings is 1. The smallest absolute Gasteiger partial charge is 0.267 e. The van der Waals surface area contributed by atoms with Crippen molar-refractivity contribution in [1.29, 1.82) is 0 Å². The van der Waals surface area contributed by atoms with Crippen molar-refractivity contribution in [2.75, 3.05) is 43.1 Å². The Morgan fingerprint density at radius 3 is 2.48 bits per heavy atom. The van der Waals surface area contributed by atoms with Crippen LogP contribution in [0.25, 0.3) is 0 Å². The minimum absolute atomic E-state index is 0.120. The number of rotatable bonds is 6. The van der Waals surface area contributed by atoms with Crippen molar-refractivity contribution >= 4 is 33.2 Å². The Morgan fingerprint density at radius 2 is 1.82 bits per heavy atom. The Bertz CT molecular complexity index is 1140. The summed E-state index contributed by atoms with van der Waals surface area (Å²) in [6, 6.07) is 11.0. The van der Waals surface area contributed by atoms with Crippen LogP contribution in [0.3, 0.4) is 0 Å². The van der Waals surface area contributed by atoms with E-state index >= 15 is 0 Å². The van der Waals surface area contributed by atoms with E-state index in [1.807, 2.05) is 6.92 Å². The molecule has 2 aromatic carbocycles. The summed E-state index contributed by atoms with van der Waals surface area (Å²) < 4.78 is 37.8. The van der Waals surface area contributed by atoms with Gasteiger partial charge in [0.15, 0.2) is 6.10 Å². The van der Waals surface area contributed by atoms with Gasteiger partial charge in [-0.15, -0.1) is 0 Å². The van der Waals surface area contributed by atoms with Crippen molar-refractivity contribution in [2.24, 2.45) is 0 Å². The third-order valence-corrected chi connectivity index (χ3v) is 7.51. The van der Waals surface area contributed by atoms with Gasteiger partial charge in [-0.2, -0.15) is 4.31 Å². The zero-order valence-corrected chi connectivity index (χ0v) is 19.4. The first-order valence-corrected chi connectivity index (χ1v) is 12.4. The van der Waals surface area contributed by atoms with Crippen molar-refractivity contribution in [3.05, 3.63) is 48.0 Å². The molecule has 0 aromatic heterocycles. The van der Waals surface area contributed by atoms with Crippen molar-refractivity contribution < 1.29 is 27.5 Å². The summed E-state index contributed by atoms with van der Waals surface area (Å²) in [6.07, 6.45) is 0.227. The number of carbonyl (C=O) groups excluding carboxylic acids is 2. The minimum atomic E-state index is -3.62. The molecule has 4 rings (SSSR count). The largest absolute Gasteiger partial charge is 0.479 e. The van der Waals surface area contributed by atoms with Crippen LogP contribution in [0, 0.1) is 0 Å². The molecule has 1 fully saturated rings. The molecule has 1 atom stereocenters. The van der Waals surface area contributed by atoms with Crippen LogP contribution in [0.15, 0.2) is 47.4 Å². The predicted octanol–water partition coefficient (Wildman–Crippen LogP) is 2.48. The summed E-state index contributed by atoms with van der Waals surface area (Å²) in [6.45, 7) is 5.60. The van der Waals surface area contributed by atoms with Crippen LogP contribution in [0.5, 0.6) is 5.75 Å². The number of hydrogen-bond donors (Lipinski definition) is 1. The number of nitrogens with one attached hydrogen (secondary N) is 1. The second-order valence-electron chi connectivity index (χ2n) is 7.93. The number of nitrogens with zero attached hydrogens (tertiary/aromatic N) is 2. The Balaban J connectivity index is 1.50. The van der Waals surface area contributed by atoms with E-state index in [0.29, 0.717) is 55.5 Å². The highest BCUT2D eigenvalue weighted by Gasteiger charge is 2.31. The second kappa shape index (κ2) is 9.50. The van der Waals surface area contributed by atoms with E-state index in [0.717, 1.165) is 6.42 Å². The van der Waals surface area contributed by atoms with Gasteiger partial charge in [0, 0.05) is 30.9 Å². The highest BCUT2D eigenvalue weighted by atomic mass is 32.2. The van der Waals surface area contributed by atoms with Gasteiger partial charge in [-0.3, -0.25) is 9.59 Å². The predicted molar refractivity (Wildman–Crippen MR) is 123 cm³/mol. The molecule has 10 heteroatoms. The lowest BCUT2D eigenvalue weighted by Crippen LogP contribution is -2.44. The monoisotopic (exact) mass is 473 g/mol. The van der Waals surface area contributed by atoms with E-state index in [9.17, 15) is 18.0 Å². The number of hydrogen-bond acceptors (Lipinski definition) is 6. The first kappa shape index (κ1) is 23.2. The quantitative estimate of drug-likeness (QED) is 0.691. The van der Waals surface area contributed by atoms with E-state index in [1.54, 1.807) is 30.0 Å². The summed E-state index contributed by atoms with van der Waals surface area (Å²) in [7, 11) is -3.62.